The van der Waals surface area contributed by atoms with E-state index in [1.54, 1.807) is 6.20 Å². The first-order chi connectivity index (χ1) is 9.22. The van der Waals surface area contributed by atoms with Crippen molar-refractivity contribution in [2.45, 2.75) is 25.3 Å². The molecule has 19 heavy (non-hydrogen) atoms. The van der Waals surface area contributed by atoms with Gasteiger partial charge >= 0.3 is 0 Å². The SMILES string of the molecule is NC1CCC(CNc2ccnc3cc(Br)cnc23)C1. The van der Waals surface area contributed by atoms with Gasteiger partial charge in [0, 0.05) is 29.5 Å². The predicted molar refractivity (Wildman–Crippen MR) is 81.0 cm³/mol. The second-order valence-electron chi connectivity index (χ2n) is 5.20. The van der Waals surface area contributed by atoms with E-state index in [-0.39, 0.29) is 0 Å². The molecule has 0 radical (unpaired) electrons. The zero-order valence-electron chi connectivity index (χ0n) is 10.6. The molecule has 4 nitrogen and oxygen atoms in total. The van der Waals surface area contributed by atoms with Crippen LogP contribution < -0.4 is 11.1 Å². The van der Waals surface area contributed by atoms with Gasteiger partial charge in [0.15, 0.2) is 0 Å². The molecule has 0 bridgehead atoms. The lowest BCUT2D eigenvalue weighted by atomic mass is 10.1. The highest BCUT2D eigenvalue weighted by Gasteiger charge is 2.21. The Hall–Kier alpha value is -1.20. The Morgan fingerprint density at radius 3 is 3.05 bits per heavy atom. The van der Waals surface area contributed by atoms with Crippen LogP contribution in [0.5, 0.6) is 0 Å². The Balaban J connectivity index is 1.77. The lowest BCUT2D eigenvalue weighted by molar-refractivity contribution is 0.566. The summed E-state index contributed by atoms with van der Waals surface area (Å²) in [5, 5.41) is 3.50. The normalized spacial score (nSPS) is 22.8. The molecule has 1 saturated carbocycles. The average molecular weight is 321 g/mol. The van der Waals surface area contributed by atoms with Gasteiger partial charge in [-0.2, -0.15) is 0 Å². The summed E-state index contributed by atoms with van der Waals surface area (Å²) in [6.07, 6.45) is 7.11. The molecule has 0 amide bonds. The quantitative estimate of drug-likeness (QED) is 0.912. The van der Waals surface area contributed by atoms with Crippen LogP contribution in [0.2, 0.25) is 0 Å². The van der Waals surface area contributed by atoms with Crippen molar-refractivity contribution in [3.63, 3.8) is 0 Å². The molecule has 3 rings (SSSR count). The highest BCUT2D eigenvalue weighted by molar-refractivity contribution is 9.10. The summed E-state index contributed by atoms with van der Waals surface area (Å²) in [4.78, 5) is 8.79. The van der Waals surface area contributed by atoms with Gasteiger partial charge in [-0.05, 0) is 53.2 Å². The molecule has 2 aromatic heterocycles. The molecule has 1 aliphatic rings. The number of hydrogen-bond acceptors (Lipinski definition) is 4. The largest absolute Gasteiger partial charge is 0.383 e. The zero-order valence-corrected chi connectivity index (χ0v) is 12.2. The van der Waals surface area contributed by atoms with E-state index in [2.05, 4.69) is 31.2 Å². The summed E-state index contributed by atoms with van der Waals surface area (Å²) >= 11 is 3.42. The summed E-state index contributed by atoms with van der Waals surface area (Å²) < 4.78 is 0.950. The van der Waals surface area contributed by atoms with E-state index in [0.29, 0.717) is 12.0 Å². The van der Waals surface area contributed by atoms with Crippen molar-refractivity contribution in [1.29, 1.82) is 0 Å². The molecule has 0 spiro atoms. The number of nitrogens with zero attached hydrogens (tertiary/aromatic N) is 2. The molecular formula is C14H17BrN4. The summed E-state index contributed by atoms with van der Waals surface area (Å²) in [6, 6.07) is 4.35. The van der Waals surface area contributed by atoms with Crippen molar-refractivity contribution in [3.8, 4) is 0 Å². The fourth-order valence-electron chi connectivity index (χ4n) is 2.70. The van der Waals surface area contributed by atoms with Gasteiger partial charge < -0.3 is 11.1 Å². The number of halogens is 1. The molecule has 0 aliphatic heterocycles. The van der Waals surface area contributed by atoms with E-state index >= 15 is 0 Å². The van der Waals surface area contributed by atoms with Gasteiger partial charge in [0.25, 0.3) is 0 Å². The van der Waals surface area contributed by atoms with Crippen LogP contribution in [0.3, 0.4) is 0 Å². The van der Waals surface area contributed by atoms with E-state index in [4.69, 9.17) is 5.73 Å². The lowest BCUT2D eigenvalue weighted by Gasteiger charge is -2.13. The van der Waals surface area contributed by atoms with Gasteiger partial charge in [-0.3, -0.25) is 9.97 Å². The van der Waals surface area contributed by atoms with Crippen LogP contribution in [-0.2, 0) is 0 Å². The van der Waals surface area contributed by atoms with Crippen LogP contribution in [-0.4, -0.2) is 22.6 Å². The Morgan fingerprint density at radius 2 is 2.26 bits per heavy atom. The smallest absolute Gasteiger partial charge is 0.112 e. The fourth-order valence-corrected chi connectivity index (χ4v) is 3.02. The third-order valence-electron chi connectivity index (χ3n) is 3.71. The molecule has 1 fully saturated rings. The number of anilines is 1. The summed E-state index contributed by atoms with van der Waals surface area (Å²) in [6.45, 7) is 0.963. The Labute approximate surface area is 120 Å². The monoisotopic (exact) mass is 320 g/mol. The number of rotatable bonds is 3. The third-order valence-corrected chi connectivity index (χ3v) is 4.14. The number of hydrogen-bond donors (Lipinski definition) is 2. The van der Waals surface area contributed by atoms with E-state index < -0.39 is 0 Å². The van der Waals surface area contributed by atoms with Gasteiger partial charge in [0.2, 0.25) is 0 Å². The fraction of sp³-hybridized carbons (Fsp3) is 0.429. The first-order valence-electron chi connectivity index (χ1n) is 6.62. The summed E-state index contributed by atoms with van der Waals surface area (Å²) in [5.74, 6) is 0.675. The van der Waals surface area contributed by atoms with Crippen molar-refractivity contribution in [2.24, 2.45) is 11.7 Å². The van der Waals surface area contributed by atoms with Crippen LogP contribution in [0.25, 0.3) is 11.0 Å². The molecule has 2 heterocycles. The van der Waals surface area contributed by atoms with E-state index in [9.17, 15) is 0 Å². The van der Waals surface area contributed by atoms with E-state index in [0.717, 1.165) is 40.6 Å². The molecule has 2 atom stereocenters. The molecule has 1 aliphatic carbocycles. The number of aromatic nitrogens is 2. The average Bonchev–Trinajstić information content (AvgIpc) is 2.81. The minimum Gasteiger partial charge on any atom is -0.383 e. The maximum atomic E-state index is 5.95. The molecule has 2 unspecified atom stereocenters. The zero-order chi connectivity index (χ0) is 13.2. The van der Waals surface area contributed by atoms with E-state index in [1.807, 2.05) is 18.3 Å². The molecular weight excluding hydrogens is 304 g/mol. The maximum absolute atomic E-state index is 5.95. The van der Waals surface area contributed by atoms with Gasteiger partial charge in [0.1, 0.15) is 5.52 Å². The van der Waals surface area contributed by atoms with Crippen LogP contribution >= 0.6 is 15.9 Å². The molecule has 100 valence electrons. The van der Waals surface area contributed by atoms with E-state index in [1.165, 1.54) is 6.42 Å². The highest BCUT2D eigenvalue weighted by atomic mass is 79.9. The van der Waals surface area contributed by atoms with Gasteiger partial charge in [-0.15, -0.1) is 0 Å². The predicted octanol–water partition coefficient (Wildman–Crippen LogP) is 2.93. The van der Waals surface area contributed by atoms with Crippen LogP contribution in [0.15, 0.2) is 29.0 Å². The molecule has 0 saturated heterocycles. The third kappa shape index (κ3) is 2.87. The van der Waals surface area contributed by atoms with Crippen LogP contribution in [0.4, 0.5) is 5.69 Å². The van der Waals surface area contributed by atoms with Gasteiger partial charge in [0.05, 0.1) is 11.2 Å². The number of nitrogens with two attached hydrogens (primary N) is 1. The molecule has 5 heteroatoms. The van der Waals surface area contributed by atoms with Crippen molar-refractivity contribution < 1.29 is 0 Å². The van der Waals surface area contributed by atoms with Crippen molar-refractivity contribution in [3.05, 3.63) is 29.0 Å². The number of fused-ring (bicyclic) bond motifs is 1. The summed E-state index contributed by atoms with van der Waals surface area (Å²) in [7, 11) is 0. The lowest BCUT2D eigenvalue weighted by Crippen LogP contribution is -2.17. The number of nitrogens with one attached hydrogen (secondary N) is 1. The second kappa shape index (κ2) is 5.43. The first kappa shape index (κ1) is 12.8. The highest BCUT2D eigenvalue weighted by Crippen LogP contribution is 2.26. The van der Waals surface area contributed by atoms with Crippen molar-refractivity contribution in [2.75, 3.05) is 11.9 Å². The standard InChI is InChI=1S/C14H17BrN4/c15-10-6-13-14(19-8-10)12(3-4-17-13)18-7-9-1-2-11(16)5-9/h3-4,6,8-9,11H,1-2,5,7,16H2,(H,17,18). The maximum Gasteiger partial charge on any atom is 0.112 e. The molecule has 2 aromatic rings. The van der Waals surface area contributed by atoms with Crippen molar-refractivity contribution >= 4 is 32.7 Å². The van der Waals surface area contributed by atoms with Crippen LogP contribution in [0.1, 0.15) is 19.3 Å². The molecule has 0 aromatic carbocycles. The minimum absolute atomic E-state index is 0.384. The van der Waals surface area contributed by atoms with Gasteiger partial charge in [-0.1, -0.05) is 0 Å². The Kier molecular flexibility index (Phi) is 3.66. The summed E-state index contributed by atoms with van der Waals surface area (Å²) in [5.41, 5.74) is 8.83. The Bertz CT molecular complexity index is 587. The topological polar surface area (TPSA) is 63.8 Å². The van der Waals surface area contributed by atoms with Gasteiger partial charge in [-0.25, -0.2) is 0 Å². The van der Waals surface area contributed by atoms with Crippen LogP contribution in [0, 0.1) is 5.92 Å². The Morgan fingerprint density at radius 1 is 1.37 bits per heavy atom. The van der Waals surface area contributed by atoms with Crippen molar-refractivity contribution in [1.82, 2.24) is 9.97 Å². The minimum atomic E-state index is 0.384. The number of pyridine rings is 2. The molecule has 3 N–H and O–H groups in total. The first-order valence-corrected chi connectivity index (χ1v) is 7.41. The second-order valence-corrected chi connectivity index (χ2v) is 6.12.